The predicted octanol–water partition coefficient (Wildman–Crippen LogP) is 4.39. The summed E-state index contributed by atoms with van der Waals surface area (Å²) in [5.74, 6) is 0.810. The number of esters is 1. The van der Waals surface area contributed by atoms with Gasteiger partial charge >= 0.3 is 5.97 Å². The molecule has 3 nitrogen and oxygen atoms in total. The zero-order chi connectivity index (χ0) is 17.3. The highest BCUT2D eigenvalue weighted by Crippen LogP contribution is 2.45. The Hall–Kier alpha value is -1.64. The molecule has 0 aromatic carbocycles. The maximum absolute atomic E-state index is 12.2. The molecular formula is C20H28O3. The van der Waals surface area contributed by atoms with Crippen molar-refractivity contribution in [2.75, 3.05) is 0 Å². The van der Waals surface area contributed by atoms with Gasteiger partial charge in [0, 0.05) is 30.3 Å². The van der Waals surface area contributed by atoms with Gasteiger partial charge in [-0.05, 0) is 39.2 Å². The van der Waals surface area contributed by atoms with E-state index in [1.54, 1.807) is 13.0 Å². The minimum Gasteiger partial charge on any atom is -0.458 e. The van der Waals surface area contributed by atoms with Gasteiger partial charge in [0.25, 0.3) is 0 Å². The van der Waals surface area contributed by atoms with Gasteiger partial charge in [-0.25, -0.2) is 4.79 Å². The van der Waals surface area contributed by atoms with Crippen LogP contribution in [0, 0.1) is 17.8 Å². The number of hydrogen-bond donors (Lipinski definition) is 0. The molecule has 0 N–H and O–H groups in total. The summed E-state index contributed by atoms with van der Waals surface area (Å²) in [6, 6.07) is 0. The van der Waals surface area contributed by atoms with Crippen molar-refractivity contribution in [3.8, 4) is 0 Å². The van der Waals surface area contributed by atoms with Gasteiger partial charge in [0.15, 0.2) is 5.78 Å². The van der Waals surface area contributed by atoms with Gasteiger partial charge in [0.1, 0.15) is 6.10 Å². The molecule has 0 saturated heterocycles. The maximum atomic E-state index is 12.2. The second kappa shape index (κ2) is 6.86. The molecule has 0 amide bonds. The summed E-state index contributed by atoms with van der Waals surface area (Å²) in [6.45, 7) is 11.9. The molecule has 0 spiro atoms. The van der Waals surface area contributed by atoms with Gasteiger partial charge in [-0.15, -0.1) is 0 Å². The summed E-state index contributed by atoms with van der Waals surface area (Å²) in [5, 5.41) is 0. The van der Waals surface area contributed by atoms with Crippen LogP contribution in [0.5, 0.6) is 0 Å². The van der Waals surface area contributed by atoms with E-state index in [9.17, 15) is 9.59 Å². The molecular weight excluding hydrogens is 288 g/mol. The van der Waals surface area contributed by atoms with E-state index in [1.165, 1.54) is 11.1 Å². The fourth-order valence-electron chi connectivity index (χ4n) is 3.78. The first-order valence-corrected chi connectivity index (χ1v) is 8.50. The van der Waals surface area contributed by atoms with Crippen molar-refractivity contribution in [3.63, 3.8) is 0 Å². The molecule has 2 aliphatic carbocycles. The molecule has 0 radical (unpaired) electrons. The standard InChI is InChI=1S/C20H28O3/c1-7-12(4)20(22)23-18-9-13(5)15-10-17(21)14(6)8-16(15)19(18)11(2)3/h7-8,11,16,18-19H,9-10H2,1-6H3/b12-7+/t16-,18+,19+/m1/s1. The third kappa shape index (κ3) is 3.49. The second-order valence-electron chi connectivity index (χ2n) is 7.22. The smallest absolute Gasteiger partial charge is 0.333 e. The topological polar surface area (TPSA) is 43.4 Å². The van der Waals surface area contributed by atoms with Crippen LogP contribution in [-0.4, -0.2) is 17.9 Å². The van der Waals surface area contributed by atoms with Crippen molar-refractivity contribution < 1.29 is 14.3 Å². The number of rotatable bonds is 3. The fraction of sp³-hybridized carbons (Fsp3) is 0.600. The lowest BCUT2D eigenvalue weighted by molar-refractivity contribution is -0.149. The first-order valence-electron chi connectivity index (χ1n) is 8.50. The quantitative estimate of drug-likeness (QED) is 0.440. The Balaban J connectivity index is 2.37. The highest BCUT2D eigenvalue weighted by molar-refractivity contribution is 5.98. The average molecular weight is 316 g/mol. The molecule has 0 aliphatic heterocycles. The van der Waals surface area contributed by atoms with E-state index in [-0.39, 0.29) is 29.7 Å². The van der Waals surface area contributed by atoms with Crippen molar-refractivity contribution >= 4 is 11.8 Å². The molecule has 2 rings (SSSR count). The zero-order valence-corrected chi connectivity index (χ0v) is 15.1. The summed E-state index contributed by atoms with van der Waals surface area (Å²) in [4.78, 5) is 24.3. The van der Waals surface area contributed by atoms with Crippen LogP contribution in [0.4, 0.5) is 0 Å². The number of allylic oxidation sites excluding steroid dienone is 4. The summed E-state index contributed by atoms with van der Waals surface area (Å²) in [7, 11) is 0. The van der Waals surface area contributed by atoms with Crippen LogP contribution in [0.3, 0.4) is 0 Å². The van der Waals surface area contributed by atoms with E-state index in [2.05, 4.69) is 26.8 Å². The van der Waals surface area contributed by atoms with Crippen LogP contribution < -0.4 is 0 Å². The number of fused-ring (bicyclic) bond motifs is 1. The molecule has 126 valence electrons. The van der Waals surface area contributed by atoms with Crippen LogP contribution in [0.2, 0.25) is 0 Å². The Labute approximate surface area is 139 Å². The van der Waals surface area contributed by atoms with Gasteiger partial charge in [-0.1, -0.05) is 37.1 Å². The summed E-state index contributed by atoms with van der Waals surface area (Å²) in [5.41, 5.74) is 3.94. The lowest BCUT2D eigenvalue weighted by Crippen LogP contribution is -2.41. The Morgan fingerprint density at radius 2 is 2.00 bits per heavy atom. The molecule has 0 heterocycles. The molecule has 0 bridgehead atoms. The van der Waals surface area contributed by atoms with Crippen LogP contribution in [0.15, 0.2) is 34.4 Å². The number of Topliss-reactive ketones (excluding diaryl/α,β-unsaturated/α-hetero) is 1. The molecule has 0 aromatic rings. The Bertz CT molecular complexity index is 604. The lowest BCUT2D eigenvalue weighted by Gasteiger charge is -2.42. The molecule has 0 aromatic heterocycles. The number of hydrogen-bond acceptors (Lipinski definition) is 3. The normalized spacial score (nSPS) is 28.7. The molecule has 23 heavy (non-hydrogen) atoms. The van der Waals surface area contributed by atoms with Gasteiger partial charge in [0.2, 0.25) is 0 Å². The minimum absolute atomic E-state index is 0.122. The Morgan fingerprint density at radius 1 is 1.35 bits per heavy atom. The minimum atomic E-state index is -0.230. The summed E-state index contributed by atoms with van der Waals surface area (Å²) in [6.07, 6.45) is 5.02. The first-order chi connectivity index (χ1) is 10.8. The molecule has 2 aliphatic rings. The van der Waals surface area contributed by atoms with Gasteiger partial charge in [-0.2, -0.15) is 0 Å². The van der Waals surface area contributed by atoms with E-state index in [4.69, 9.17) is 4.74 Å². The number of ketones is 1. The van der Waals surface area contributed by atoms with Crippen molar-refractivity contribution in [2.24, 2.45) is 17.8 Å². The van der Waals surface area contributed by atoms with Crippen LogP contribution >= 0.6 is 0 Å². The highest BCUT2D eigenvalue weighted by Gasteiger charge is 2.42. The van der Waals surface area contributed by atoms with Crippen molar-refractivity contribution in [1.29, 1.82) is 0 Å². The first kappa shape index (κ1) is 17.7. The number of carbonyl (C=O) groups is 2. The highest BCUT2D eigenvalue weighted by atomic mass is 16.5. The fourth-order valence-corrected chi connectivity index (χ4v) is 3.78. The van der Waals surface area contributed by atoms with Crippen molar-refractivity contribution in [2.45, 2.75) is 60.5 Å². The van der Waals surface area contributed by atoms with Gasteiger partial charge < -0.3 is 4.74 Å². The third-order valence-corrected chi connectivity index (χ3v) is 5.31. The van der Waals surface area contributed by atoms with E-state index >= 15 is 0 Å². The van der Waals surface area contributed by atoms with Crippen LogP contribution in [0.1, 0.15) is 54.4 Å². The second-order valence-corrected chi connectivity index (χ2v) is 7.22. The largest absolute Gasteiger partial charge is 0.458 e. The monoisotopic (exact) mass is 316 g/mol. The van der Waals surface area contributed by atoms with Gasteiger partial charge in [-0.3, -0.25) is 4.79 Å². The average Bonchev–Trinajstić information content (AvgIpc) is 2.48. The van der Waals surface area contributed by atoms with E-state index in [0.29, 0.717) is 17.9 Å². The summed E-state index contributed by atoms with van der Waals surface area (Å²) < 4.78 is 5.84. The lowest BCUT2D eigenvalue weighted by atomic mass is 9.65. The molecule has 0 unspecified atom stereocenters. The van der Waals surface area contributed by atoms with Crippen LogP contribution in [-0.2, 0) is 14.3 Å². The third-order valence-electron chi connectivity index (χ3n) is 5.31. The van der Waals surface area contributed by atoms with Crippen molar-refractivity contribution in [1.82, 2.24) is 0 Å². The predicted molar refractivity (Wildman–Crippen MR) is 91.8 cm³/mol. The van der Waals surface area contributed by atoms with E-state index in [0.717, 1.165) is 12.0 Å². The molecule has 3 atom stereocenters. The number of carbonyl (C=O) groups excluding carboxylic acids is 2. The van der Waals surface area contributed by atoms with Gasteiger partial charge in [0.05, 0.1) is 0 Å². The number of ether oxygens (including phenoxy) is 1. The molecule has 0 fully saturated rings. The van der Waals surface area contributed by atoms with E-state index < -0.39 is 0 Å². The molecule has 3 heteroatoms. The Kier molecular flexibility index (Phi) is 5.28. The molecule has 0 saturated carbocycles. The van der Waals surface area contributed by atoms with Crippen molar-refractivity contribution in [3.05, 3.63) is 34.4 Å². The SMILES string of the molecule is C/C=C(\C)C(=O)O[C@H]1CC(C)=C2CC(=O)C(C)=C[C@H]2[C@@H]1C(C)C. The summed E-state index contributed by atoms with van der Waals surface area (Å²) >= 11 is 0. The zero-order valence-electron chi connectivity index (χ0n) is 15.1. The van der Waals surface area contributed by atoms with E-state index in [1.807, 2.05) is 13.8 Å². The maximum Gasteiger partial charge on any atom is 0.333 e. The van der Waals surface area contributed by atoms with Crippen LogP contribution in [0.25, 0.3) is 0 Å². The Morgan fingerprint density at radius 3 is 2.57 bits per heavy atom.